The number of para-hydroxylation sites is 1. The Morgan fingerprint density at radius 1 is 1.10 bits per heavy atom. The molecule has 0 aliphatic carbocycles. The van der Waals surface area contributed by atoms with E-state index in [-0.39, 0.29) is 12.4 Å². The first-order valence-electron chi connectivity index (χ1n) is 6.58. The summed E-state index contributed by atoms with van der Waals surface area (Å²) in [5.74, 6) is 0.827. The molecule has 0 spiro atoms. The van der Waals surface area contributed by atoms with Gasteiger partial charge in [0, 0.05) is 12.1 Å². The van der Waals surface area contributed by atoms with Gasteiger partial charge in [0.25, 0.3) is 0 Å². The monoisotopic (exact) mass is 293 g/mol. The molecule has 5 heteroatoms. The Balaban J connectivity index is 2.04. The van der Waals surface area contributed by atoms with Gasteiger partial charge in [0.05, 0.1) is 0 Å². The van der Waals surface area contributed by atoms with Gasteiger partial charge in [0.1, 0.15) is 18.1 Å². The lowest BCUT2D eigenvalue weighted by Gasteiger charge is -2.12. The molecule has 3 nitrogen and oxygen atoms in total. The Bertz CT molecular complexity index is 576. The molecule has 1 N–H and O–H groups in total. The Morgan fingerprint density at radius 2 is 1.90 bits per heavy atom. The third kappa shape index (κ3) is 4.72. The highest BCUT2D eigenvalue weighted by atomic mass is 19.3. The lowest BCUT2D eigenvalue weighted by molar-refractivity contribution is -0.0508. The second-order valence-electron chi connectivity index (χ2n) is 4.45. The first-order chi connectivity index (χ1) is 10.2. The van der Waals surface area contributed by atoms with E-state index in [1.165, 1.54) is 6.07 Å². The van der Waals surface area contributed by atoms with Crippen LogP contribution in [0.15, 0.2) is 48.5 Å². The fraction of sp³-hybridized carbons (Fsp3) is 0.250. The van der Waals surface area contributed by atoms with Crippen LogP contribution >= 0.6 is 0 Å². The maximum Gasteiger partial charge on any atom is 0.387 e. The molecule has 2 aromatic carbocycles. The van der Waals surface area contributed by atoms with Gasteiger partial charge in [-0.2, -0.15) is 8.78 Å². The SMILES string of the molecule is CNCc1cccc(OCc2ccccc2OC(F)F)c1. The van der Waals surface area contributed by atoms with Crippen molar-refractivity contribution in [3.05, 3.63) is 59.7 Å². The summed E-state index contributed by atoms with van der Waals surface area (Å²) in [5, 5.41) is 3.06. The van der Waals surface area contributed by atoms with Crippen molar-refractivity contribution in [3.63, 3.8) is 0 Å². The van der Waals surface area contributed by atoms with Crippen LogP contribution in [0.25, 0.3) is 0 Å². The quantitative estimate of drug-likeness (QED) is 0.846. The Morgan fingerprint density at radius 3 is 2.67 bits per heavy atom. The molecular weight excluding hydrogens is 276 g/mol. The van der Waals surface area contributed by atoms with E-state index in [0.29, 0.717) is 11.3 Å². The van der Waals surface area contributed by atoms with Crippen LogP contribution in [0, 0.1) is 0 Å². The standard InChI is InChI=1S/C16H17F2NO2/c1-19-10-12-5-4-7-14(9-12)20-11-13-6-2-3-8-15(13)21-16(17)18/h2-9,16,19H,10-11H2,1H3. The van der Waals surface area contributed by atoms with Gasteiger partial charge in [-0.05, 0) is 30.8 Å². The van der Waals surface area contributed by atoms with Crippen LogP contribution in [0.1, 0.15) is 11.1 Å². The van der Waals surface area contributed by atoms with Gasteiger partial charge in [-0.15, -0.1) is 0 Å². The molecule has 0 saturated heterocycles. The molecule has 2 rings (SSSR count). The average molecular weight is 293 g/mol. The zero-order valence-corrected chi connectivity index (χ0v) is 11.7. The largest absolute Gasteiger partial charge is 0.489 e. The number of hydrogen-bond donors (Lipinski definition) is 1. The number of rotatable bonds is 7. The molecule has 0 amide bonds. The molecule has 0 radical (unpaired) electrons. The topological polar surface area (TPSA) is 30.5 Å². The normalized spacial score (nSPS) is 10.7. The van der Waals surface area contributed by atoms with Gasteiger partial charge in [-0.1, -0.05) is 30.3 Å². The Hall–Kier alpha value is -2.14. The molecule has 0 atom stereocenters. The minimum Gasteiger partial charge on any atom is -0.489 e. The van der Waals surface area contributed by atoms with E-state index in [4.69, 9.17) is 4.74 Å². The van der Waals surface area contributed by atoms with Crippen LogP contribution in [0.3, 0.4) is 0 Å². The second-order valence-corrected chi connectivity index (χ2v) is 4.45. The van der Waals surface area contributed by atoms with Crippen molar-refractivity contribution in [2.75, 3.05) is 7.05 Å². The number of hydrogen-bond acceptors (Lipinski definition) is 3. The van der Waals surface area contributed by atoms with E-state index in [1.54, 1.807) is 18.2 Å². The fourth-order valence-electron chi connectivity index (χ4n) is 1.94. The zero-order chi connectivity index (χ0) is 15.1. The number of benzene rings is 2. The van der Waals surface area contributed by atoms with Crippen molar-refractivity contribution >= 4 is 0 Å². The van der Waals surface area contributed by atoms with Crippen molar-refractivity contribution in [1.82, 2.24) is 5.32 Å². The molecule has 0 saturated carbocycles. The number of ether oxygens (including phenoxy) is 2. The maximum absolute atomic E-state index is 12.3. The minimum atomic E-state index is -2.84. The molecule has 0 heterocycles. The van der Waals surface area contributed by atoms with Crippen LogP contribution in [0.5, 0.6) is 11.5 Å². The predicted molar refractivity (Wildman–Crippen MR) is 76.6 cm³/mol. The van der Waals surface area contributed by atoms with E-state index in [9.17, 15) is 8.78 Å². The third-order valence-corrected chi connectivity index (χ3v) is 2.86. The molecule has 0 fully saturated rings. The van der Waals surface area contributed by atoms with Gasteiger partial charge in [-0.25, -0.2) is 0 Å². The summed E-state index contributed by atoms with van der Waals surface area (Å²) in [7, 11) is 1.87. The molecule has 0 aliphatic heterocycles. The molecule has 0 unspecified atom stereocenters. The van der Waals surface area contributed by atoms with Gasteiger partial charge in [0.15, 0.2) is 0 Å². The van der Waals surface area contributed by atoms with Crippen molar-refractivity contribution in [3.8, 4) is 11.5 Å². The van der Waals surface area contributed by atoms with Crippen LogP contribution in [-0.2, 0) is 13.2 Å². The lowest BCUT2D eigenvalue weighted by Crippen LogP contribution is -2.07. The van der Waals surface area contributed by atoms with E-state index < -0.39 is 6.61 Å². The van der Waals surface area contributed by atoms with E-state index in [2.05, 4.69) is 10.1 Å². The first-order valence-corrected chi connectivity index (χ1v) is 6.58. The summed E-state index contributed by atoms with van der Waals surface area (Å²) >= 11 is 0. The van der Waals surface area contributed by atoms with Crippen molar-refractivity contribution in [2.45, 2.75) is 19.8 Å². The summed E-state index contributed by atoms with van der Waals surface area (Å²) in [5.41, 5.74) is 1.67. The van der Waals surface area contributed by atoms with Crippen LogP contribution in [-0.4, -0.2) is 13.7 Å². The van der Waals surface area contributed by atoms with Crippen LogP contribution in [0.2, 0.25) is 0 Å². The summed E-state index contributed by atoms with van der Waals surface area (Å²) in [6.45, 7) is -1.93. The molecule has 0 aliphatic rings. The summed E-state index contributed by atoms with van der Waals surface area (Å²) in [6, 6.07) is 14.2. The summed E-state index contributed by atoms with van der Waals surface area (Å²) in [6.07, 6.45) is 0. The molecule has 0 aromatic heterocycles. The van der Waals surface area contributed by atoms with Crippen LogP contribution < -0.4 is 14.8 Å². The van der Waals surface area contributed by atoms with E-state index in [0.717, 1.165) is 12.1 Å². The maximum atomic E-state index is 12.3. The highest BCUT2D eigenvalue weighted by Crippen LogP contribution is 2.22. The van der Waals surface area contributed by atoms with Gasteiger partial charge in [0.2, 0.25) is 0 Å². The number of nitrogens with one attached hydrogen (secondary N) is 1. The molecule has 112 valence electrons. The van der Waals surface area contributed by atoms with Crippen molar-refractivity contribution < 1.29 is 18.3 Å². The van der Waals surface area contributed by atoms with Gasteiger partial charge < -0.3 is 14.8 Å². The molecule has 2 aromatic rings. The van der Waals surface area contributed by atoms with Crippen LogP contribution in [0.4, 0.5) is 8.78 Å². The smallest absolute Gasteiger partial charge is 0.387 e. The molecular formula is C16H17F2NO2. The predicted octanol–water partition coefficient (Wildman–Crippen LogP) is 3.59. The summed E-state index contributed by atoms with van der Waals surface area (Å²) in [4.78, 5) is 0. The van der Waals surface area contributed by atoms with Gasteiger partial charge in [-0.3, -0.25) is 0 Å². The summed E-state index contributed by atoms with van der Waals surface area (Å²) < 4.78 is 34.8. The first kappa shape index (κ1) is 15.3. The fourth-order valence-corrected chi connectivity index (χ4v) is 1.94. The van der Waals surface area contributed by atoms with Crippen molar-refractivity contribution in [2.24, 2.45) is 0 Å². The van der Waals surface area contributed by atoms with Gasteiger partial charge >= 0.3 is 6.61 Å². The number of alkyl halides is 2. The van der Waals surface area contributed by atoms with E-state index in [1.807, 2.05) is 31.3 Å². The highest BCUT2D eigenvalue weighted by Gasteiger charge is 2.09. The molecule has 0 bridgehead atoms. The zero-order valence-electron chi connectivity index (χ0n) is 11.7. The molecule has 21 heavy (non-hydrogen) atoms. The Kier molecular flexibility index (Phi) is 5.51. The Labute approximate surface area is 122 Å². The second kappa shape index (κ2) is 7.59. The third-order valence-electron chi connectivity index (χ3n) is 2.86. The average Bonchev–Trinajstić information content (AvgIpc) is 2.47. The number of halogens is 2. The minimum absolute atomic E-state index is 0.138. The lowest BCUT2D eigenvalue weighted by atomic mass is 10.2. The van der Waals surface area contributed by atoms with E-state index >= 15 is 0 Å². The van der Waals surface area contributed by atoms with Crippen molar-refractivity contribution in [1.29, 1.82) is 0 Å². The highest BCUT2D eigenvalue weighted by molar-refractivity contribution is 5.34.